The number of anilines is 1. The van der Waals surface area contributed by atoms with Crippen LogP contribution in [0.2, 0.25) is 0 Å². The van der Waals surface area contributed by atoms with Gasteiger partial charge in [0.1, 0.15) is 5.75 Å². The molecular weight excluding hydrogens is 186 g/mol. The molecule has 2 nitrogen and oxygen atoms in total. The Labute approximate surface area is 92.4 Å². The van der Waals surface area contributed by atoms with Gasteiger partial charge in [-0.05, 0) is 31.0 Å². The van der Waals surface area contributed by atoms with E-state index in [2.05, 4.69) is 6.92 Å². The predicted octanol–water partition coefficient (Wildman–Crippen LogP) is 3.54. The van der Waals surface area contributed by atoms with Gasteiger partial charge in [0.15, 0.2) is 0 Å². The minimum Gasteiger partial charge on any atom is -0.491 e. The van der Waals surface area contributed by atoms with Crippen molar-refractivity contribution in [2.24, 2.45) is 0 Å². The van der Waals surface area contributed by atoms with Gasteiger partial charge in [-0.2, -0.15) is 0 Å². The van der Waals surface area contributed by atoms with Crippen LogP contribution in [0.3, 0.4) is 0 Å². The van der Waals surface area contributed by atoms with Gasteiger partial charge < -0.3 is 10.5 Å². The van der Waals surface area contributed by atoms with Crippen LogP contribution in [0.1, 0.15) is 38.2 Å². The lowest BCUT2D eigenvalue weighted by molar-refractivity contribution is 0.306. The van der Waals surface area contributed by atoms with E-state index >= 15 is 0 Å². The number of benzene rings is 1. The van der Waals surface area contributed by atoms with Crippen LogP contribution in [0.5, 0.6) is 5.75 Å². The highest BCUT2D eigenvalue weighted by Gasteiger charge is 1.99. The number of unbranched alkanes of at least 4 members (excludes halogenated alkanes) is 3. The molecule has 0 heterocycles. The fourth-order valence-corrected chi connectivity index (χ4v) is 1.51. The highest BCUT2D eigenvalue weighted by molar-refractivity contribution is 5.53. The Kier molecular flexibility index (Phi) is 5.02. The average molecular weight is 207 g/mol. The first-order chi connectivity index (χ1) is 7.24. The van der Waals surface area contributed by atoms with Crippen LogP contribution in [0.4, 0.5) is 5.69 Å². The van der Waals surface area contributed by atoms with E-state index in [0.29, 0.717) is 0 Å². The van der Waals surface area contributed by atoms with Gasteiger partial charge in [0.25, 0.3) is 0 Å². The van der Waals surface area contributed by atoms with Crippen molar-refractivity contribution in [3.63, 3.8) is 0 Å². The molecule has 0 bridgehead atoms. The summed E-state index contributed by atoms with van der Waals surface area (Å²) >= 11 is 0. The third-order valence-corrected chi connectivity index (χ3v) is 2.42. The molecule has 0 aliphatic rings. The Morgan fingerprint density at radius 2 is 2.00 bits per heavy atom. The zero-order chi connectivity index (χ0) is 11.1. The second kappa shape index (κ2) is 6.33. The number of ether oxygens (including phenoxy) is 1. The molecule has 0 aliphatic heterocycles. The summed E-state index contributed by atoms with van der Waals surface area (Å²) in [6.45, 7) is 5.01. The first kappa shape index (κ1) is 11.9. The summed E-state index contributed by atoms with van der Waals surface area (Å²) in [4.78, 5) is 0. The molecule has 15 heavy (non-hydrogen) atoms. The summed E-state index contributed by atoms with van der Waals surface area (Å²) in [7, 11) is 0. The molecule has 0 unspecified atom stereocenters. The Morgan fingerprint density at radius 3 is 2.67 bits per heavy atom. The minimum atomic E-state index is 0.741. The maximum atomic E-state index is 5.84. The molecule has 2 N–H and O–H groups in total. The molecule has 0 aliphatic carbocycles. The zero-order valence-electron chi connectivity index (χ0n) is 9.75. The number of hydrogen-bond donors (Lipinski definition) is 1. The molecule has 2 heteroatoms. The van der Waals surface area contributed by atoms with Crippen molar-refractivity contribution in [3.8, 4) is 5.75 Å². The van der Waals surface area contributed by atoms with Crippen molar-refractivity contribution >= 4 is 5.69 Å². The van der Waals surface area contributed by atoms with E-state index in [1.165, 1.54) is 24.8 Å². The molecule has 0 aromatic heterocycles. The molecular formula is C13H21NO. The number of hydrogen-bond acceptors (Lipinski definition) is 2. The molecule has 84 valence electrons. The predicted molar refractivity (Wildman–Crippen MR) is 65.2 cm³/mol. The quantitative estimate of drug-likeness (QED) is 0.572. The van der Waals surface area contributed by atoms with Gasteiger partial charge >= 0.3 is 0 Å². The number of nitrogen functional groups attached to an aromatic ring is 1. The van der Waals surface area contributed by atoms with E-state index in [9.17, 15) is 0 Å². The fraction of sp³-hybridized carbons (Fsp3) is 0.538. The topological polar surface area (TPSA) is 35.2 Å². The van der Waals surface area contributed by atoms with Crippen LogP contribution in [0.15, 0.2) is 18.2 Å². The lowest BCUT2D eigenvalue weighted by Crippen LogP contribution is -2.00. The average Bonchev–Trinajstić information content (AvgIpc) is 2.20. The van der Waals surface area contributed by atoms with Crippen LogP contribution in [-0.4, -0.2) is 6.61 Å². The smallest absolute Gasteiger partial charge is 0.142 e. The van der Waals surface area contributed by atoms with Crippen LogP contribution < -0.4 is 10.5 Å². The largest absolute Gasteiger partial charge is 0.491 e. The van der Waals surface area contributed by atoms with Crippen LogP contribution >= 0.6 is 0 Å². The third-order valence-electron chi connectivity index (χ3n) is 2.42. The highest BCUT2D eigenvalue weighted by atomic mass is 16.5. The standard InChI is InChI=1S/C13H21NO/c1-3-4-5-6-9-15-13-8-7-11(2)10-12(13)14/h7-8,10H,3-6,9,14H2,1-2H3. The fourth-order valence-electron chi connectivity index (χ4n) is 1.51. The molecule has 0 spiro atoms. The van der Waals surface area contributed by atoms with Gasteiger partial charge in [-0.1, -0.05) is 32.3 Å². The monoisotopic (exact) mass is 207 g/mol. The molecule has 0 atom stereocenters. The molecule has 1 rings (SSSR count). The molecule has 0 fully saturated rings. The Morgan fingerprint density at radius 1 is 1.20 bits per heavy atom. The van der Waals surface area contributed by atoms with Crippen molar-refractivity contribution in [2.75, 3.05) is 12.3 Å². The maximum Gasteiger partial charge on any atom is 0.142 e. The molecule has 1 aromatic carbocycles. The summed E-state index contributed by atoms with van der Waals surface area (Å²) < 4.78 is 5.61. The number of aryl methyl sites for hydroxylation is 1. The summed E-state index contributed by atoms with van der Waals surface area (Å²) in [6, 6.07) is 5.92. The van der Waals surface area contributed by atoms with E-state index in [4.69, 9.17) is 10.5 Å². The third kappa shape index (κ3) is 4.24. The van der Waals surface area contributed by atoms with Crippen LogP contribution in [0.25, 0.3) is 0 Å². The summed E-state index contributed by atoms with van der Waals surface area (Å²) in [5.41, 5.74) is 7.75. The molecule has 0 radical (unpaired) electrons. The number of nitrogens with two attached hydrogens (primary N) is 1. The van der Waals surface area contributed by atoms with Crippen LogP contribution in [-0.2, 0) is 0 Å². The van der Waals surface area contributed by atoms with E-state index in [1.807, 2.05) is 25.1 Å². The van der Waals surface area contributed by atoms with Gasteiger partial charge in [0.05, 0.1) is 12.3 Å². The van der Waals surface area contributed by atoms with Gasteiger partial charge in [-0.25, -0.2) is 0 Å². The molecule has 1 aromatic rings. The van der Waals surface area contributed by atoms with Crippen molar-refractivity contribution in [2.45, 2.75) is 39.5 Å². The maximum absolute atomic E-state index is 5.84. The summed E-state index contributed by atoms with van der Waals surface area (Å²) in [5, 5.41) is 0. The number of rotatable bonds is 6. The van der Waals surface area contributed by atoms with Crippen molar-refractivity contribution in [3.05, 3.63) is 23.8 Å². The Balaban J connectivity index is 2.31. The first-order valence-corrected chi connectivity index (χ1v) is 5.73. The van der Waals surface area contributed by atoms with Gasteiger partial charge in [-0.3, -0.25) is 0 Å². The van der Waals surface area contributed by atoms with E-state index in [-0.39, 0.29) is 0 Å². The second-order valence-electron chi connectivity index (χ2n) is 3.95. The first-order valence-electron chi connectivity index (χ1n) is 5.73. The second-order valence-corrected chi connectivity index (χ2v) is 3.95. The molecule has 0 amide bonds. The normalized spacial score (nSPS) is 10.3. The van der Waals surface area contributed by atoms with Crippen molar-refractivity contribution in [1.82, 2.24) is 0 Å². The molecule has 0 saturated carbocycles. The minimum absolute atomic E-state index is 0.741. The summed E-state index contributed by atoms with van der Waals surface area (Å²) in [5.74, 6) is 0.817. The molecule has 0 saturated heterocycles. The van der Waals surface area contributed by atoms with E-state index < -0.39 is 0 Å². The van der Waals surface area contributed by atoms with Gasteiger partial charge in [0.2, 0.25) is 0 Å². The lowest BCUT2D eigenvalue weighted by atomic mass is 10.2. The zero-order valence-corrected chi connectivity index (χ0v) is 9.75. The lowest BCUT2D eigenvalue weighted by Gasteiger charge is -2.09. The van der Waals surface area contributed by atoms with E-state index in [0.717, 1.165) is 24.5 Å². The van der Waals surface area contributed by atoms with Gasteiger partial charge in [-0.15, -0.1) is 0 Å². The van der Waals surface area contributed by atoms with Crippen LogP contribution in [0, 0.1) is 6.92 Å². The van der Waals surface area contributed by atoms with Crippen molar-refractivity contribution < 1.29 is 4.74 Å². The van der Waals surface area contributed by atoms with E-state index in [1.54, 1.807) is 0 Å². The Bertz CT molecular complexity index is 297. The van der Waals surface area contributed by atoms with Gasteiger partial charge in [0, 0.05) is 0 Å². The summed E-state index contributed by atoms with van der Waals surface area (Å²) in [6.07, 6.45) is 4.89. The van der Waals surface area contributed by atoms with Crippen molar-refractivity contribution in [1.29, 1.82) is 0 Å². The Hall–Kier alpha value is -1.18. The highest BCUT2D eigenvalue weighted by Crippen LogP contribution is 2.22. The SMILES string of the molecule is CCCCCCOc1ccc(C)cc1N.